The molecule has 1 nitrogen and oxygen atoms in total. The van der Waals surface area contributed by atoms with Crippen molar-refractivity contribution in [3.05, 3.63) is 60.9 Å². The highest BCUT2D eigenvalue weighted by Gasteiger charge is 2.02. The highest BCUT2D eigenvalue weighted by Crippen LogP contribution is 2.26. The fourth-order valence-electron chi connectivity index (χ4n) is 1.65. The second-order valence-corrected chi connectivity index (χ2v) is 6.58. The van der Waals surface area contributed by atoms with Crippen molar-refractivity contribution in [2.75, 3.05) is 5.32 Å². The summed E-state index contributed by atoms with van der Waals surface area (Å²) in [5.74, 6) is 0. The summed E-state index contributed by atoms with van der Waals surface area (Å²) < 4.78 is 3.28. The minimum Gasteiger partial charge on any atom is -0.381 e. The maximum Gasteiger partial charge on any atom is 0.0401 e. The number of hydrogen-bond acceptors (Lipinski definition) is 1. The molecule has 0 aromatic heterocycles. The van der Waals surface area contributed by atoms with Gasteiger partial charge in [-0.2, -0.15) is 0 Å². The summed E-state index contributed by atoms with van der Waals surface area (Å²) in [7, 11) is 0. The van der Waals surface area contributed by atoms with E-state index < -0.39 is 0 Å². The third kappa shape index (κ3) is 3.37. The summed E-state index contributed by atoms with van der Waals surface area (Å²) >= 11 is 10.5. The Balaban J connectivity index is 2.11. The van der Waals surface area contributed by atoms with Gasteiger partial charge < -0.3 is 5.32 Å². The first kappa shape index (κ1) is 14.1. The third-order valence-electron chi connectivity index (χ3n) is 2.73. The SMILES string of the molecule is Cc1c(Br)cccc1NCc1ccc(Br)c(Br)c1. The van der Waals surface area contributed by atoms with E-state index in [1.165, 1.54) is 11.1 Å². The Hall–Kier alpha value is -0.320. The molecule has 0 spiro atoms. The number of hydrogen-bond donors (Lipinski definition) is 1. The zero-order valence-electron chi connectivity index (χ0n) is 9.81. The van der Waals surface area contributed by atoms with Gasteiger partial charge >= 0.3 is 0 Å². The minimum absolute atomic E-state index is 0.809. The lowest BCUT2D eigenvalue weighted by Crippen LogP contribution is -2.01. The van der Waals surface area contributed by atoms with Crippen LogP contribution in [0.2, 0.25) is 0 Å². The van der Waals surface area contributed by atoms with Crippen LogP contribution in [0.15, 0.2) is 49.8 Å². The van der Waals surface area contributed by atoms with E-state index in [1.54, 1.807) is 0 Å². The van der Waals surface area contributed by atoms with E-state index in [1.807, 2.05) is 6.07 Å². The number of rotatable bonds is 3. The molecule has 4 heteroatoms. The zero-order valence-corrected chi connectivity index (χ0v) is 14.6. The van der Waals surface area contributed by atoms with Crippen molar-refractivity contribution >= 4 is 53.5 Å². The van der Waals surface area contributed by atoms with Crippen molar-refractivity contribution in [1.82, 2.24) is 0 Å². The van der Waals surface area contributed by atoms with Gasteiger partial charge in [-0.1, -0.05) is 28.1 Å². The van der Waals surface area contributed by atoms with Crippen molar-refractivity contribution in [1.29, 1.82) is 0 Å². The summed E-state index contributed by atoms with van der Waals surface area (Å²) in [6.07, 6.45) is 0. The van der Waals surface area contributed by atoms with Crippen LogP contribution in [0.25, 0.3) is 0 Å². The molecule has 0 atom stereocenters. The number of anilines is 1. The molecule has 94 valence electrons. The Labute approximate surface area is 132 Å². The Morgan fingerprint density at radius 2 is 1.72 bits per heavy atom. The topological polar surface area (TPSA) is 12.0 Å². The Morgan fingerprint density at radius 3 is 2.44 bits per heavy atom. The van der Waals surface area contributed by atoms with Crippen LogP contribution in [0.3, 0.4) is 0 Å². The molecule has 0 bridgehead atoms. The molecule has 0 unspecified atom stereocenters. The fraction of sp³-hybridized carbons (Fsp3) is 0.143. The molecule has 2 rings (SSSR count). The highest BCUT2D eigenvalue weighted by atomic mass is 79.9. The molecule has 1 N–H and O–H groups in total. The predicted molar refractivity (Wildman–Crippen MR) is 88.0 cm³/mol. The van der Waals surface area contributed by atoms with Gasteiger partial charge in [-0.05, 0) is 74.2 Å². The lowest BCUT2D eigenvalue weighted by atomic mass is 10.2. The van der Waals surface area contributed by atoms with Crippen LogP contribution in [0.4, 0.5) is 5.69 Å². The van der Waals surface area contributed by atoms with Gasteiger partial charge in [-0.3, -0.25) is 0 Å². The first-order valence-corrected chi connectivity index (χ1v) is 7.89. The van der Waals surface area contributed by atoms with Crippen molar-refractivity contribution < 1.29 is 0 Å². The molecular formula is C14H12Br3N. The van der Waals surface area contributed by atoms with Crippen LogP contribution < -0.4 is 5.32 Å². The number of halogens is 3. The molecule has 2 aromatic rings. The number of nitrogens with one attached hydrogen (secondary N) is 1. The van der Waals surface area contributed by atoms with Crippen molar-refractivity contribution in [2.45, 2.75) is 13.5 Å². The molecule has 0 fully saturated rings. The molecule has 0 radical (unpaired) electrons. The number of benzene rings is 2. The van der Waals surface area contributed by atoms with E-state index in [-0.39, 0.29) is 0 Å². The van der Waals surface area contributed by atoms with E-state index in [0.717, 1.165) is 25.7 Å². The predicted octanol–water partition coefficient (Wildman–Crippen LogP) is 5.89. The molecule has 0 heterocycles. The average Bonchev–Trinajstić information content (AvgIpc) is 2.35. The Bertz CT molecular complexity index is 567. The summed E-state index contributed by atoms with van der Waals surface area (Å²) in [6, 6.07) is 12.5. The van der Waals surface area contributed by atoms with E-state index in [4.69, 9.17) is 0 Å². The van der Waals surface area contributed by atoms with Gasteiger partial charge in [0.05, 0.1) is 0 Å². The van der Waals surface area contributed by atoms with Crippen LogP contribution in [-0.4, -0.2) is 0 Å². The van der Waals surface area contributed by atoms with Crippen LogP contribution in [0.1, 0.15) is 11.1 Å². The standard InChI is InChI=1S/C14H12Br3N/c1-9-11(15)3-2-4-14(9)18-8-10-5-6-12(16)13(17)7-10/h2-7,18H,8H2,1H3. The average molecular weight is 434 g/mol. The lowest BCUT2D eigenvalue weighted by molar-refractivity contribution is 1.13. The Morgan fingerprint density at radius 1 is 0.944 bits per heavy atom. The summed E-state index contributed by atoms with van der Waals surface area (Å²) in [5.41, 5.74) is 3.63. The molecular weight excluding hydrogens is 422 g/mol. The van der Waals surface area contributed by atoms with Crippen LogP contribution in [0.5, 0.6) is 0 Å². The zero-order chi connectivity index (χ0) is 13.1. The Kier molecular flexibility index (Phi) is 4.87. The fourth-order valence-corrected chi connectivity index (χ4v) is 2.68. The van der Waals surface area contributed by atoms with E-state index in [2.05, 4.69) is 90.4 Å². The minimum atomic E-state index is 0.809. The smallest absolute Gasteiger partial charge is 0.0401 e. The second-order valence-electron chi connectivity index (χ2n) is 4.01. The molecule has 0 amide bonds. The van der Waals surface area contributed by atoms with Gasteiger partial charge in [-0.25, -0.2) is 0 Å². The van der Waals surface area contributed by atoms with Crippen LogP contribution >= 0.6 is 47.8 Å². The van der Waals surface area contributed by atoms with Crippen molar-refractivity contribution in [2.24, 2.45) is 0 Å². The normalized spacial score (nSPS) is 10.4. The van der Waals surface area contributed by atoms with Gasteiger partial charge in [0.25, 0.3) is 0 Å². The maximum atomic E-state index is 3.54. The summed E-state index contributed by atoms with van der Waals surface area (Å²) in [4.78, 5) is 0. The lowest BCUT2D eigenvalue weighted by Gasteiger charge is -2.11. The summed E-state index contributed by atoms with van der Waals surface area (Å²) in [5, 5.41) is 3.45. The van der Waals surface area contributed by atoms with Gasteiger partial charge in [0.2, 0.25) is 0 Å². The van der Waals surface area contributed by atoms with Crippen LogP contribution in [0, 0.1) is 6.92 Å². The van der Waals surface area contributed by atoms with E-state index in [9.17, 15) is 0 Å². The van der Waals surface area contributed by atoms with Gasteiger partial charge in [0.15, 0.2) is 0 Å². The van der Waals surface area contributed by atoms with Gasteiger partial charge in [-0.15, -0.1) is 0 Å². The maximum absolute atomic E-state index is 3.54. The molecule has 0 aliphatic rings. The quantitative estimate of drug-likeness (QED) is 0.635. The molecule has 2 aromatic carbocycles. The molecule has 0 saturated carbocycles. The van der Waals surface area contributed by atoms with E-state index in [0.29, 0.717) is 0 Å². The van der Waals surface area contributed by atoms with E-state index >= 15 is 0 Å². The molecule has 18 heavy (non-hydrogen) atoms. The van der Waals surface area contributed by atoms with Crippen molar-refractivity contribution in [3.63, 3.8) is 0 Å². The monoisotopic (exact) mass is 431 g/mol. The highest BCUT2D eigenvalue weighted by molar-refractivity contribution is 9.13. The molecule has 0 aliphatic heterocycles. The third-order valence-corrected chi connectivity index (χ3v) is 5.47. The second kappa shape index (κ2) is 6.22. The van der Waals surface area contributed by atoms with Crippen molar-refractivity contribution in [3.8, 4) is 0 Å². The largest absolute Gasteiger partial charge is 0.381 e. The van der Waals surface area contributed by atoms with Gasteiger partial charge in [0, 0.05) is 25.7 Å². The first-order valence-electron chi connectivity index (χ1n) is 5.51. The first-order chi connectivity index (χ1) is 8.58. The summed E-state index contributed by atoms with van der Waals surface area (Å²) in [6.45, 7) is 2.91. The van der Waals surface area contributed by atoms with Crippen LogP contribution in [-0.2, 0) is 6.54 Å². The molecule has 0 saturated heterocycles. The van der Waals surface area contributed by atoms with Gasteiger partial charge in [0.1, 0.15) is 0 Å². The molecule has 0 aliphatic carbocycles.